The minimum atomic E-state index is -0.249. The molecule has 14 heavy (non-hydrogen) atoms. The fourth-order valence-corrected chi connectivity index (χ4v) is 1.37. The summed E-state index contributed by atoms with van der Waals surface area (Å²) in [6.45, 7) is 1.72. The van der Waals surface area contributed by atoms with Crippen LogP contribution in [0.25, 0.3) is 11.1 Å². The number of nitrogens with two attached hydrogens (primary N) is 1. The number of halogens is 1. The lowest BCUT2D eigenvalue weighted by atomic mass is 10.1. The van der Waals surface area contributed by atoms with Crippen LogP contribution in [0.5, 0.6) is 0 Å². The molecular formula is C10H10FN3. The topological polar surface area (TPSA) is 54.7 Å². The van der Waals surface area contributed by atoms with Crippen molar-refractivity contribution in [2.24, 2.45) is 0 Å². The van der Waals surface area contributed by atoms with Crippen molar-refractivity contribution in [1.29, 1.82) is 0 Å². The van der Waals surface area contributed by atoms with E-state index in [4.69, 9.17) is 5.73 Å². The van der Waals surface area contributed by atoms with E-state index >= 15 is 0 Å². The molecule has 0 saturated heterocycles. The normalized spacial score (nSPS) is 10.4. The maximum Gasteiger partial charge on any atom is 0.134 e. The van der Waals surface area contributed by atoms with E-state index in [1.165, 1.54) is 6.20 Å². The summed E-state index contributed by atoms with van der Waals surface area (Å²) in [5, 5.41) is 6.33. The SMILES string of the molecule is Cc1cccc(-c2cn[nH]c2N)c1F. The minimum Gasteiger partial charge on any atom is -0.384 e. The lowest BCUT2D eigenvalue weighted by Crippen LogP contribution is -1.91. The van der Waals surface area contributed by atoms with Crippen molar-refractivity contribution in [1.82, 2.24) is 10.2 Å². The molecule has 1 aromatic carbocycles. The van der Waals surface area contributed by atoms with E-state index in [1.807, 2.05) is 0 Å². The van der Waals surface area contributed by atoms with Gasteiger partial charge in [0, 0.05) is 11.1 Å². The van der Waals surface area contributed by atoms with Gasteiger partial charge in [-0.05, 0) is 12.5 Å². The average Bonchev–Trinajstić information content (AvgIpc) is 2.57. The fourth-order valence-electron chi connectivity index (χ4n) is 1.37. The Balaban J connectivity index is 2.63. The number of aryl methyl sites for hydroxylation is 1. The number of H-pyrrole nitrogens is 1. The van der Waals surface area contributed by atoms with Gasteiger partial charge in [0.15, 0.2) is 0 Å². The lowest BCUT2D eigenvalue weighted by Gasteiger charge is -2.03. The molecule has 0 aliphatic heterocycles. The molecule has 0 aliphatic carbocycles. The molecule has 0 aliphatic rings. The van der Waals surface area contributed by atoms with E-state index in [0.29, 0.717) is 22.5 Å². The number of aromatic amines is 1. The number of nitrogen functional groups attached to an aromatic ring is 1. The summed E-state index contributed by atoms with van der Waals surface area (Å²) in [4.78, 5) is 0. The Morgan fingerprint density at radius 1 is 1.36 bits per heavy atom. The van der Waals surface area contributed by atoms with Gasteiger partial charge in [0.05, 0.1) is 6.20 Å². The summed E-state index contributed by atoms with van der Waals surface area (Å²) in [6, 6.07) is 5.19. The largest absolute Gasteiger partial charge is 0.384 e. The number of hydrogen-bond acceptors (Lipinski definition) is 2. The van der Waals surface area contributed by atoms with Gasteiger partial charge in [-0.15, -0.1) is 0 Å². The molecule has 3 nitrogen and oxygen atoms in total. The molecule has 2 aromatic rings. The van der Waals surface area contributed by atoms with Gasteiger partial charge in [0.1, 0.15) is 11.6 Å². The minimum absolute atomic E-state index is 0.249. The fraction of sp³-hybridized carbons (Fsp3) is 0.100. The zero-order chi connectivity index (χ0) is 10.1. The number of benzene rings is 1. The van der Waals surface area contributed by atoms with E-state index in [0.717, 1.165) is 0 Å². The van der Waals surface area contributed by atoms with Crippen LogP contribution in [0, 0.1) is 12.7 Å². The van der Waals surface area contributed by atoms with Crippen molar-refractivity contribution < 1.29 is 4.39 Å². The first kappa shape index (κ1) is 8.74. The number of nitrogens with one attached hydrogen (secondary N) is 1. The maximum absolute atomic E-state index is 13.6. The van der Waals surface area contributed by atoms with Crippen molar-refractivity contribution >= 4 is 5.82 Å². The highest BCUT2D eigenvalue weighted by atomic mass is 19.1. The zero-order valence-corrected chi connectivity index (χ0v) is 7.71. The van der Waals surface area contributed by atoms with E-state index in [2.05, 4.69) is 10.2 Å². The second-order valence-electron chi connectivity index (χ2n) is 3.13. The van der Waals surface area contributed by atoms with E-state index in [9.17, 15) is 4.39 Å². The third-order valence-electron chi connectivity index (χ3n) is 2.15. The Labute approximate surface area is 80.8 Å². The molecule has 3 N–H and O–H groups in total. The summed E-state index contributed by atoms with van der Waals surface area (Å²) in [7, 11) is 0. The molecule has 0 radical (unpaired) electrons. The summed E-state index contributed by atoms with van der Waals surface area (Å²) in [5.41, 5.74) is 7.29. The number of hydrogen-bond donors (Lipinski definition) is 2. The molecule has 0 atom stereocenters. The van der Waals surface area contributed by atoms with Crippen molar-refractivity contribution in [2.45, 2.75) is 6.92 Å². The second-order valence-corrected chi connectivity index (χ2v) is 3.13. The molecule has 1 aromatic heterocycles. The Hall–Kier alpha value is -1.84. The van der Waals surface area contributed by atoms with Gasteiger partial charge in [-0.25, -0.2) is 4.39 Å². The molecule has 72 valence electrons. The number of rotatable bonds is 1. The average molecular weight is 191 g/mol. The molecule has 0 unspecified atom stereocenters. The smallest absolute Gasteiger partial charge is 0.134 e. The Bertz CT molecular complexity index is 462. The van der Waals surface area contributed by atoms with Crippen LogP contribution in [0.4, 0.5) is 10.2 Å². The lowest BCUT2D eigenvalue weighted by molar-refractivity contribution is 0.622. The first-order valence-electron chi connectivity index (χ1n) is 4.24. The van der Waals surface area contributed by atoms with Crippen LogP contribution in [-0.4, -0.2) is 10.2 Å². The van der Waals surface area contributed by atoms with Crippen molar-refractivity contribution in [3.8, 4) is 11.1 Å². The number of nitrogens with zero attached hydrogens (tertiary/aromatic N) is 1. The van der Waals surface area contributed by atoms with Crippen LogP contribution >= 0.6 is 0 Å². The van der Waals surface area contributed by atoms with Crippen LogP contribution in [0.3, 0.4) is 0 Å². The summed E-state index contributed by atoms with van der Waals surface area (Å²) < 4.78 is 13.6. The number of aromatic nitrogens is 2. The Kier molecular flexibility index (Phi) is 1.96. The molecule has 0 amide bonds. The van der Waals surface area contributed by atoms with Crippen LogP contribution in [-0.2, 0) is 0 Å². The molecule has 0 fully saturated rings. The molecular weight excluding hydrogens is 181 g/mol. The predicted molar refractivity (Wildman–Crippen MR) is 53.1 cm³/mol. The van der Waals surface area contributed by atoms with E-state index in [-0.39, 0.29) is 5.82 Å². The molecule has 0 spiro atoms. The van der Waals surface area contributed by atoms with Crippen molar-refractivity contribution in [3.05, 3.63) is 35.8 Å². The Morgan fingerprint density at radius 2 is 2.14 bits per heavy atom. The maximum atomic E-state index is 13.6. The monoisotopic (exact) mass is 191 g/mol. The molecule has 4 heteroatoms. The summed E-state index contributed by atoms with van der Waals surface area (Å²) in [5.74, 6) is 0.134. The first-order chi connectivity index (χ1) is 6.70. The molecule has 0 saturated carbocycles. The summed E-state index contributed by atoms with van der Waals surface area (Å²) >= 11 is 0. The van der Waals surface area contributed by atoms with Crippen molar-refractivity contribution in [3.63, 3.8) is 0 Å². The van der Waals surface area contributed by atoms with Gasteiger partial charge in [0.2, 0.25) is 0 Å². The highest BCUT2D eigenvalue weighted by Gasteiger charge is 2.10. The van der Waals surface area contributed by atoms with E-state index < -0.39 is 0 Å². The molecule has 1 heterocycles. The second kappa shape index (κ2) is 3.14. The third kappa shape index (κ3) is 1.25. The van der Waals surface area contributed by atoms with Gasteiger partial charge in [0.25, 0.3) is 0 Å². The third-order valence-corrected chi connectivity index (χ3v) is 2.15. The molecule has 0 bridgehead atoms. The van der Waals surface area contributed by atoms with Crippen LogP contribution in [0.15, 0.2) is 24.4 Å². The van der Waals surface area contributed by atoms with Gasteiger partial charge in [-0.3, -0.25) is 5.10 Å². The quantitative estimate of drug-likeness (QED) is 0.725. The summed E-state index contributed by atoms with van der Waals surface area (Å²) in [6.07, 6.45) is 1.52. The predicted octanol–water partition coefficient (Wildman–Crippen LogP) is 2.11. The highest BCUT2D eigenvalue weighted by Crippen LogP contribution is 2.27. The van der Waals surface area contributed by atoms with Crippen molar-refractivity contribution in [2.75, 3.05) is 5.73 Å². The Morgan fingerprint density at radius 3 is 2.79 bits per heavy atom. The molecule has 2 rings (SSSR count). The van der Waals surface area contributed by atoms with Gasteiger partial charge in [-0.1, -0.05) is 18.2 Å². The van der Waals surface area contributed by atoms with E-state index in [1.54, 1.807) is 25.1 Å². The van der Waals surface area contributed by atoms with Gasteiger partial charge < -0.3 is 5.73 Å². The van der Waals surface area contributed by atoms with Gasteiger partial charge in [-0.2, -0.15) is 5.10 Å². The van der Waals surface area contributed by atoms with Gasteiger partial charge >= 0.3 is 0 Å². The van der Waals surface area contributed by atoms with Crippen LogP contribution < -0.4 is 5.73 Å². The van der Waals surface area contributed by atoms with Crippen LogP contribution in [0.1, 0.15) is 5.56 Å². The zero-order valence-electron chi connectivity index (χ0n) is 7.71. The highest BCUT2D eigenvalue weighted by molar-refractivity contribution is 5.73. The standard InChI is InChI=1S/C10H10FN3/c1-6-3-2-4-7(9(6)11)8-5-13-14-10(8)12/h2-5H,1H3,(H3,12,13,14). The first-order valence-corrected chi connectivity index (χ1v) is 4.24. The van der Waals surface area contributed by atoms with Crippen LogP contribution in [0.2, 0.25) is 0 Å². The number of anilines is 1.